The number of guanidine groups is 1. The van der Waals surface area contributed by atoms with Gasteiger partial charge in [-0.2, -0.15) is 0 Å². The van der Waals surface area contributed by atoms with E-state index >= 15 is 0 Å². The molecule has 1 heterocycles. The number of hydrogen-bond donors (Lipinski definition) is 2. The number of halogens is 1. The molecule has 0 aromatic heterocycles. The van der Waals surface area contributed by atoms with Crippen LogP contribution in [0.3, 0.4) is 0 Å². The molecular weight excluding hydrogens is 391 g/mol. The van der Waals surface area contributed by atoms with E-state index < -0.39 is 0 Å². The summed E-state index contributed by atoms with van der Waals surface area (Å²) in [5, 5.41) is 6.38. The molecule has 1 amide bonds. The van der Waals surface area contributed by atoms with Gasteiger partial charge in [-0.05, 0) is 37.5 Å². The first-order valence-corrected chi connectivity index (χ1v) is 8.46. The minimum atomic E-state index is 0. The predicted molar refractivity (Wildman–Crippen MR) is 99.6 cm³/mol. The van der Waals surface area contributed by atoms with Crippen LogP contribution in [0.25, 0.3) is 0 Å². The minimum absolute atomic E-state index is 0. The molecule has 1 spiro atoms. The van der Waals surface area contributed by atoms with Crippen LogP contribution in [-0.4, -0.2) is 50.0 Å². The van der Waals surface area contributed by atoms with Crippen molar-refractivity contribution in [3.8, 4) is 0 Å². The summed E-state index contributed by atoms with van der Waals surface area (Å²) in [6.07, 6.45) is 9.01. The van der Waals surface area contributed by atoms with Crippen LogP contribution in [0.4, 0.5) is 0 Å². The van der Waals surface area contributed by atoms with Crippen molar-refractivity contribution in [2.75, 3.05) is 33.2 Å². The van der Waals surface area contributed by atoms with E-state index in [9.17, 15) is 4.79 Å². The first kappa shape index (κ1) is 17.8. The number of nitrogens with one attached hydrogen (secondary N) is 2. The third-order valence-electron chi connectivity index (χ3n) is 5.27. The van der Waals surface area contributed by atoms with Crippen molar-refractivity contribution in [1.29, 1.82) is 0 Å². The van der Waals surface area contributed by atoms with E-state index in [1.165, 1.54) is 32.1 Å². The topological polar surface area (TPSA) is 56.7 Å². The number of rotatable bonds is 4. The predicted octanol–water partition coefficient (Wildman–Crippen LogP) is 1.97. The maximum atomic E-state index is 11.6. The van der Waals surface area contributed by atoms with E-state index in [1.807, 2.05) is 7.05 Å². The highest BCUT2D eigenvalue weighted by atomic mass is 127. The molecule has 0 radical (unpaired) electrons. The van der Waals surface area contributed by atoms with Gasteiger partial charge in [-0.1, -0.05) is 12.8 Å². The van der Waals surface area contributed by atoms with Crippen LogP contribution < -0.4 is 10.6 Å². The summed E-state index contributed by atoms with van der Waals surface area (Å²) in [4.78, 5) is 18.4. The van der Waals surface area contributed by atoms with Gasteiger partial charge in [-0.3, -0.25) is 9.79 Å². The molecule has 2 saturated carbocycles. The Morgan fingerprint density at radius 1 is 1.18 bits per heavy atom. The van der Waals surface area contributed by atoms with Gasteiger partial charge in [-0.25, -0.2) is 0 Å². The molecule has 2 aliphatic carbocycles. The van der Waals surface area contributed by atoms with E-state index in [-0.39, 0.29) is 29.9 Å². The third-order valence-corrected chi connectivity index (χ3v) is 5.27. The van der Waals surface area contributed by atoms with Gasteiger partial charge in [0.1, 0.15) is 0 Å². The molecule has 5 nitrogen and oxygen atoms in total. The monoisotopic (exact) mass is 420 g/mol. The van der Waals surface area contributed by atoms with Gasteiger partial charge in [0, 0.05) is 39.1 Å². The molecule has 22 heavy (non-hydrogen) atoms. The number of hydrogen-bond acceptors (Lipinski definition) is 2. The first-order valence-electron chi connectivity index (χ1n) is 8.46. The van der Waals surface area contributed by atoms with Gasteiger partial charge < -0.3 is 15.5 Å². The number of nitrogens with zero attached hydrogens (tertiary/aromatic N) is 2. The van der Waals surface area contributed by atoms with Crippen LogP contribution in [0.1, 0.15) is 44.9 Å². The lowest BCUT2D eigenvalue weighted by Crippen LogP contribution is -2.44. The van der Waals surface area contributed by atoms with Crippen molar-refractivity contribution in [3.05, 3.63) is 0 Å². The lowest BCUT2D eigenvalue weighted by atomic mass is 9.86. The Morgan fingerprint density at radius 3 is 2.50 bits per heavy atom. The normalized spacial score (nSPS) is 23.5. The van der Waals surface area contributed by atoms with E-state index in [1.54, 1.807) is 0 Å². The number of carbonyl (C=O) groups is 1. The molecule has 2 N–H and O–H groups in total. The van der Waals surface area contributed by atoms with Crippen molar-refractivity contribution in [2.24, 2.45) is 16.3 Å². The Balaban J connectivity index is 0.00000176. The van der Waals surface area contributed by atoms with Crippen molar-refractivity contribution in [3.63, 3.8) is 0 Å². The average Bonchev–Trinajstić information content (AvgIpc) is 3.13. The fourth-order valence-corrected chi connectivity index (χ4v) is 3.83. The molecule has 0 aromatic carbocycles. The van der Waals surface area contributed by atoms with Gasteiger partial charge in [-0.15, -0.1) is 24.0 Å². The quantitative estimate of drug-likeness (QED) is 0.317. The molecular formula is C16H29IN4O. The van der Waals surface area contributed by atoms with Crippen LogP contribution in [0.5, 0.6) is 0 Å². The van der Waals surface area contributed by atoms with Crippen molar-refractivity contribution in [2.45, 2.75) is 44.9 Å². The maximum absolute atomic E-state index is 11.6. The van der Waals surface area contributed by atoms with Crippen LogP contribution >= 0.6 is 24.0 Å². The van der Waals surface area contributed by atoms with Crippen LogP contribution in [0.15, 0.2) is 4.99 Å². The SMILES string of the molecule is CN=C(NCCNC(=O)C1CC1)N1CCC2(CCCC2)C1.I. The molecule has 0 aromatic rings. The van der Waals surface area contributed by atoms with Gasteiger partial charge in [0.25, 0.3) is 0 Å². The summed E-state index contributed by atoms with van der Waals surface area (Å²) in [7, 11) is 1.85. The summed E-state index contributed by atoms with van der Waals surface area (Å²) in [6.45, 7) is 3.72. The second-order valence-corrected chi connectivity index (χ2v) is 6.92. The molecule has 1 aliphatic heterocycles. The lowest BCUT2D eigenvalue weighted by Gasteiger charge is -2.26. The second kappa shape index (κ2) is 7.84. The fraction of sp³-hybridized carbons (Fsp3) is 0.875. The van der Waals surface area contributed by atoms with Crippen LogP contribution in [0, 0.1) is 11.3 Å². The molecule has 0 unspecified atom stereocenters. The van der Waals surface area contributed by atoms with Crippen LogP contribution in [-0.2, 0) is 4.79 Å². The van der Waals surface area contributed by atoms with Gasteiger partial charge >= 0.3 is 0 Å². The summed E-state index contributed by atoms with van der Waals surface area (Å²) in [5.41, 5.74) is 0.567. The van der Waals surface area contributed by atoms with Crippen molar-refractivity contribution in [1.82, 2.24) is 15.5 Å². The Kier molecular flexibility index (Phi) is 6.35. The Bertz CT molecular complexity index is 416. The summed E-state index contributed by atoms with van der Waals surface area (Å²) in [5.74, 6) is 1.52. The first-order chi connectivity index (χ1) is 10.2. The smallest absolute Gasteiger partial charge is 0.223 e. The molecule has 1 saturated heterocycles. The molecule has 0 atom stereocenters. The van der Waals surface area contributed by atoms with Gasteiger partial charge in [0.2, 0.25) is 5.91 Å². The number of amides is 1. The zero-order valence-electron chi connectivity index (χ0n) is 13.6. The van der Waals surface area contributed by atoms with Gasteiger partial charge in [0.15, 0.2) is 5.96 Å². The van der Waals surface area contributed by atoms with E-state index in [4.69, 9.17) is 0 Å². The lowest BCUT2D eigenvalue weighted by molar-refractivity contribution is -0.122. The highest BCUT2D eigenvalue weighted by Gasteiger charge is 2.41. The zero-order valence-corrected chi connectivity index (χ0v) is 15.9. The third kappa shape index (κ3) is 4.26. The van der Waals surface area contributed by atoms with E-state index in [2.05, 4.69) is 20.5 Å². The number of likely N-dealkylation sites (tertiary alicyclic amines) is 1. The highest BCUT2D eigenvalue weighted by Crippen LogP contribution is 2.45. The highest BCUT2D eigenvalue weighted by molar-refractivity contribution is 14.0. The average molecular weight is 420 g/mol. The van der Waals surface area contributed by atoms with E-state index in [0.717, 1.165) is 38.4 Å². The Hall–Kier alpha value is -0.530. The summed E-state index contributed by atoms with van der Waals surface area (Å²) in [6, 6.07) is 0. The zero-order chi connectivity index (χ0) is 14.7. The molecule has 0 bridgehead atoms. The number of carbonyl (C=O) groups excluding carboxylic acids is 1. The maximum Gasteiger partial charge on any atom is 0.223 e. The van der Waals surface area contributed by atoms with E-state index in [0.29, 0.717) is 17.9 Å². The summed E-state index contributed by atoms with van der Waals surface area (Å²) < 4.78 is 0. The Labute approximate surface area is 150 Å². The largest absolute Gasteiger partial charge is 0.354 e. The van der Waals surface area contributed by atoms with Crippen molar-refractivity contribution >= 4 is 35.8 Å². The van der Waals surface area contributed by atoms with Crippen molar-refractivity contribution < 1.29 is 4.79 Å². The summed E-state index contributed by atoms with van der Waals surface area (Å²) >= 11 is 0. The molecule has 126 valence electrons. The van der Waals surface area contributed by atoms with Crippen LogP contribution in [0.2, 0.25) is 0 Å². The number of aliphatic imine (C=N–C) groups is 1. The second-order valence-electron chi connectivity index (χ2n) is 6.92. The molecule has 3 rings (SSSR count). The molecule has 3 fully saturated rings. The standard InChI is InChI=1S/C16H28N4O.HI/c1-17-15(19-10-9-18-14(21)13-4-5-13)20-11-8-16(12-20)6-2-3-7-16;/h13H,2-12H2,1H3,(H,17,19)(H,18,21);1H. The minimum Gasteiger partial charge on any atom is -0.354 e. The molecule has 3 aliphatic rings. The fourth-order valence-electron chi connectivity index (χ4n) is 3.83. The van der Waals surface area contributed by atoms with Gasteiger partial charge in [0.05, 0.1) is 0 Å². The Morgan fingerprint density at radius 2 is 1.86 bits per heavy atom. The molecule has 6 heteroatoms.